The molecule has 6 heteroatoms. The third-order valence-corrected chi connectivity index (χ3v) is 3.51. The number of nitrogens with zero attached hydrogens (tertiary/aromatic N) is 2. The van der Waals surface area contributed by atoms with Gasteiger partial charge >= 0.3 is 6.09 Å². The molecule has 1 aromatic heterocycles. The summed E-state index contributed by atoms with van der Waals surface area (Å²) in [7, 11) is 0. The maximum atomic E-state index is 11.3. The van der Waals surface area contributed by atoms with E-state index in [2.05, 4.69) is 20.9 Å². The van der Waals surface area contributed by atoms with Crippen molar-refractivity contribution < 1.29 is 14.6 Å². The van der Waals surface area contributed by atoms with Crippen molar-refractivity contribution >= 4 is 22.0 Å². The molecule has 0 aromatic carbocycles. The molecule has 0 fully saturated rings. The second-order valence-corrected chi connectivity index (χ2v) is 6.96. The van der Waals surface area contributed by atoms with Crippen LogP contribution in [0.3, 0.4) is 0 Å². The van der Waals surface area contributed by atoms with Gasteiger partial charge in [0.25, 0.3) is 0 Å². The molecule has 1 unspecified atom stereocenters. The molecule has 0 aliphatic heterocycles. The standard InChI is InChI=1S/C15H23BrN2O3/c1-5-6-18(14(19)20)10-13(15(2,3)4)21-12-7-11(16)8-17-9-12/h7-9,13H,5-6,10H2,1-4H3,(H,19,20). The Hall–Kier alpha value is -1.30. The van der Waals surface area contributed by atoms with E-state index in [1.54, 1.807) is 12.4 Å². The molecule has 5 nitrogen and oxygen atoms in total. The smallest absolute Gasteiger partial charge is 0.407 e. The van der Waals surface area contributed by atoms with E-state index in [1.807, 2.05) is 33.8 Å². The van der Waals surface area contributed by atoms with Crippen molar-refractivity contribution in [3.05, 3.63) is 22.9 Å². The van der Waals surface area contributed by atoms with Gasteiger partial charge in [0.15, 0.2) is 0 Å². The summed E-state index contributed by atoms with van der Waals surface area (Å²) in [6.07, 6.45) is 2.92. The number of pyridine rings is 1. The lowest BCUT2D eigenvalue weighted by molar-refractivity contribution is 0.0478. The van der Waals surface area contributed by atoms with Gasteiger partial charge in [-0.25, -0.2) is 4.79 Å². The second-order valence-electron chi connectivity index (χ2n) is 6.04. The lowest BCUT2D eigenvalue weighted by Gasteiger charge is -2.34. The predicted molar refractivity (Wildman–Crippen MR) is 85.7 cm³/mol. The minimum atomic E-state index is -0.915. The summed E-state index contributed by atoms with van der Waals surface area (Å²) in [6.45, 7) is 8.90. The minimum Gasteiger partial charge on any atom is -0.486 e. The summed E-state index contributed by atoms with van der Waals surface area (Å²) in [6, 6.07) is 1.83. The van der Waals surface area contributed by atoms with Crippen molar-refractivity contribution in [3.8, 4) is 5.75 Å². The van der Waals surface area contributed by atoms with E-state index >= 15 is 0 Å². The molecule has 0 spiro atoms. The first-order valence-corrected chi connectivity index (χ1v) is 7.78. The van der Waals surface area contributed by atoms with E-state index in [-0.39, 0.29) is 11.5 Å². The lowest BCUT2D eigenvalue weighted by Crippen LogP contribution is -2.45. The highest BCUT2D eigenvalue weighted by molar-refractivity contribution is 9.10. The summed E-state index contributed by atoms with van der Waals surface area (Å²) in [5.41, 5.74) is -0.191. The van der Waals surface area contributed by atoms with Crippen molar-refractivity contribution in [2.45, 2.75) is 40.2 Å². The molecular formula is C15H23BrN2O3. The van der Waals surface area contributed by atoms with Crippen molar-refractivity contribution in [3.63, 3.8) is 0 Å². The highest BCUT2D eigenvalue weighted by atomic mass is 79.9. The summed E-state index contributed by atoms with van der Waals surface area (Å²) in [5.74, 6) is 0.631. The Morgan fingerprint density at radius 2 is 2.14 bits per heavy atom. The van der Waals surface area contributed by atoms with Gasteiger partial charge in [0, 0.05) is 22.6 Å². The zero-order chi connectivity index (χ0) is 16.0. The van der Waals surface area contributed by atoms with E-state index in [0.29, 0.717) is 18.8 Å². The average Bonchev–Trinajstić information content (AvgIpc) is 2.35. The van der Waals surface area contributed by atoms with Crippen LogP contribution in [0.2, 0.25) is 0 Å². The molecule has 0 saturated carbocycles. The van der Waals surface area contributed by atoms with Crippen molar-refractivity contribution in [1.82, 2.24) is 9.88 Å². The van der Waals surface area contributed by atoms with Crippen LogP contribution in [0.25, 0.3) is 0 Å². The largest absolute Gasteiger partial charge is 0.486 e. The van der Waals surface area contributed by atoms with Crippen LogP contribution >= 0.6 is 15.9 Å². The number of ether oxygens (including phenoxy) is 1. The van der Waals surface area contributed by atoms with Gasteiger partial charge in [-0.15, -0.1) is 0 Å². The fraction of sp³-hybridized carbons (Fsp3) is 0.600. The Morgan fingerprint density at radius 1 is 1.48 bits per heavy atom. The first kappa shape index (κ1) is 17.8. The van der Waals surface area contributed by atoms with Gasteiger partial charge in [-0.1, -0.05) is 27.7 Å². The number of amides is 1. The number of halogens is 1. The highest BCUT2D eigenvalue weighted by Gasteiger charge is 2.30. The molecular weight excluding hydrogens is 336 g/mol. The van der Waals surface area contributed by atoms with Crippen LogP contribution in [0.1, 0.15) is 34.1 Å². The predicted octanol–water partition coefficient (Wildman–Crippen LogP) is 4.03. The topological polar surface area (TPSA) is 62.7 Å². The van der Waals surface area contributed by atoms with E-state index in [0.717, 1.165) is 10.9 Å². The van der Waals surface area contributed by atoms with E-state index < -0.39 is 6.09 Å². The molecule has 0 aliphatic carbocycles. The SMILES string of the molecule is CCCN(CC(Oc1cncc(Br)c1)C(C)(C)C)C(=O)O. The average molecular weight is 359 g/mol. The quantitative estimate of drug-likeness (QED) is 0.833. The lowest BCUT2D eigenvalue weighted by atomic mass is 9.88. The Labute approximate surface area is 134 Å². The monoisotopic (exact) mass is 358 g/mol. The minimum absolute atomic E-state index is 0.191. The normalized spacial score (nSPS) is 12.8. The molecule has 0 radical (unpaired) electrons. The van der Waals surface area contributed by atoms with Gasteiger partial charge < -0.3 is 14.7 Å². The number of carbonyl (C=O) groups is 1. The third kappa shape index (κ3) is 5.91. The molecule has 1 heterocycles. The van der Waals surface area contributed by atoms with Crippen LogP contribution in [0.15, 0.2) is 22.9 Å². The van der Waals surface area contributed by atoms with Crippen LogP contribution in [-0.4, -0.2) is 40.3 Å². The third-order valence-electron chi connectivity index (χ3n) is 3.07. The Balaban J connectivity index is 2.88. The molecule has 0 saturated heterocycles. The fourth-order valence-electron chi connectivity index (χ4n) is 1.84. The van der Waals surface area contributed by atoms with E-state index in [1.165, 1.54) is 4.90 Å². The second kappa shape index (κ2) is 7.64. The Kier molecular flexibility index (Phi) is 6.45. The Morgan fingerprint density at radius 3 is 2.62 bits per heavy atom. The fourth-order valence-corrected chi connectivity index (χ4v) is 2.19. The van der Waals surface area contributed by atoms with Crippen LogP contribution in [-0.2, 0) is 0 Å². The first-order chi connectivity index (χ1) is 9.74. The van der Waals surface area contributed by atoms with Crippen LogP contribution in [0, 0.1) is 5.41 Å². The van der Waals surface area contributed by atoms with Gasteiger partial charge in [-0.3, -0.25) is 4.98 Å². The summed E-state index contributed by atoms with van der Waals surface area (Å²) < 4.78 is 6.82. The van der Waals surface area contributed by atoms with Crippen LogP contribution in [0.4, 0.5) is 4.79 Å². The van der Waals surface area contributed by atoms with Gasteiger partial charge in [0.2, 0.25) is 0 Å². The number of rotatable bonds is 6. The van der Waals surface area contributed by atoms with E-state index in [9.17, 15) is 9.90 Å². The van der Waals surface area contributed by atoms with Gasteiger partial charge in [0.1, 0.15) is 11.9 Å². The number of carboxylic acid groups (broad SMARTS) is 1. The molecule has 118 valence electrons. The molecule has 21 heavy (non-hydrogen) atoms. The molecule has 1 N–H and O–H groups in total. The molecule has 0 aliphatic rings. The zero-order valence-electron chi connectivity index (χ0n) is 13.0. The zero-order valence-corrected chi connectivity index (χ0v) is 14.6. The van der Waals surface area contributed by atoms with Gasteiger partial charge in [-0.2, -0.15) is 0 Å². The van der Waals surface area contributed by atoms with Crippen molar-refractivity contribution in [1.29, 1.82) is 0 Å². The number of hydrogen-bond acceptors (Lipinski definition) is 3. The maximum absolute atomic E-state index is 11.3. The van der Waals surface area contributed by atoms with Crippen molar-refractivity contribution in [2.24, 2.45) is 5.41 Å². The summed E-state index contributed by atoms with van der Waals surface area (Å²) in [5, 5.41) is 9.28. The number of hydrogen-bond donors (Lipinski definition) is 1. The van der Waals surface area contributed by atoms with Crippen LogP contribution in [0.5, 0.6) is 5.75 Å². The van der Waals surface area contributed by atoms with Crippen LogP contribution < -0.4 is 4.74 Å². The van der Waals surface area contributed by atoms with Gasteiger partial charge in [0.05, 0.1) is 12.7 Å². The van der Waals surface area contributed by atoms with Crippen molar-refractivity contribution in [2.75, 3.05) is 13.1 Å². The summed E-state index contributed by atoms with van der Waals surface area (Å²) >= 11 is 3.35. The summed E-state index contributed by atoms with van der Waals surface area (Å²) in [4.78, 5) is 16.8. The molecule has 1 atom stereocenters. The highest BCUT2D eigenvalue weighted by Crippen LogP contribution is 2.26. The Bertz CT molecular complexity index is 474. The van der Waals surface area contributed by atoms with Gasteiger partial charge in [-0.05, 0) is 28.4 Å². The molecule has 1 aromatic rings. The molecule has 1 amide bonds. The molecule has 1 rings (SSSR count). The molecule has 0 bridgehead atoms. The first-order valence-electron chi connectivity index (χ1n) is 6.99. The van der Waals surface area contributed by atoms with E-state index in [4.69, 9.17) is 4.74 Å². The number of aromatic nitrogens is 1. The maximum Gasteiger partial charge on any atom is 0.407 e.